The zero-order valence-electron chi connectivity index (χ0n) is 11.4. The van der Waals surface area contributed by atoms with Crippen LogP contribution in [0.3, 0.4) is 0 Å². The van der Waals surface area contributed by atoms with Crippen LogP contribution in [-0.2, 0) is 6.18 Å². The van der Waals surface area contributed by atoms with E-state index < -0.39 is 29.8 Å². The number of carboxylic acid groups (broad SMARTS) is 1. The van der Waals surface area contributed by atoms with Gasteiger partial charge in [0.25, 0.3) is 0 Å². The van der Waals surface area contributed by atoms with E-state index in [4.69, 9.17) is 9.84 Å². The van der Waals surface area contributed by atoms with E-state index >= 15 is 0 Å². The third-order valence-corrected chi connectivity index (χ3v) is 2.50. The Hall–Kier alpha value is -1.79. The second-order valence-electron chi connectivity index (χ2n) is 4.91. The van der Waals surface area contributed by atoms with Gasteiger partial charge < -0.3 is 9.84 Å². The number of hydrogen-bond donors (Lipinski definition) is 1. The molecule has 1 N–H and O–H groups in total. The number of hydrogen-bond acceptors (Lipinski definition) is 3. The molecule has 1 aromatic heterocycles. The maximum Gasteiger partial charge on any atom is 0.433 e. The molecule has 1 unspecified atom stereocenters. The summed E-state index contributed by atoms with van der Waals surface area (Å²) in [5.74, 6) is -1.61. The molecule has 0 spiro atoms. The summed E-state index contributed by atoms with van der Waals surface area (Å²) >= 11 is 0. The zero-order chi connectivity index (χ0) is 15.5. The zero-order valence-corrected chi connectivity index (χ0v) is 11.4. The molecule has 0 saturated carbocycles. The molecule has 0 saturated heterocycles. The summed E-state index contributed by atoms with van der Waals surface area (Å²) in [7, 11) is 0. The summed E-state index contributed by atoms with van der Waals surface area (Å²) in [6, 6.07) is 1.49. The molecule has 0 aromatic carbocycles. The Balaban J connectivity index is 3.09. The van der Waals surface area contributed by atoms with Gasteiger partial charge >= 0.3 is 12.1 Å². The summed E-state index contributed by atoms with van der Waals surface area (Å²) in [6.07, 6.45) is -4.49. The number of rotatable bonds is 5. The molecule has 1 atom stereocenters. The van der Waals surface area contributed by atoms with Gasteiger partial charge in [-0.2, -0.15) is 13.2 Å². The van der Waals surface area contributed by atoms with E-state index in [1.807, 2.05) is 13.8 Å². The normalized spacial score (nSPS) is 13.3. The molecule has 0 fully saturated rings. The third-order valence-electron chi connectivity index (χ3n) is 2.50. The molecule has 1 rings (SSSR count). The maximum atomic E-state index is 12.6. The van der Waals surface area contributed by atoms with Crippen LogP contribution in [0.25, 0.3) is 0 Å². The first-order valence-electron chi connectivity index (χ1n) is 6.09. The lowest BCUT2D eigenvalue weighted by Gasteiger charge is -2.18. The van der Waals surface area contributed by atoms with Crippen LogP contribution < -0.4 is 4.74 Å². The van der Waals surface area contributed by atoms with E-state index in [-0.39, 0.29) is 11.5 Å². The first kappa shape index (κ1) is 16.3. The van der Waals surface area contributed by atoms with Gasteiger partial charge in [0.05, 0.1) is 6.10 Å². The Morgan fingerprint density at radius 3 is 2.40 bits per heavy atom. The van der Waals surface area contributed by atoms with Crippen LogP contribution in [0, 0.1) is 5.92 Å². The van der Waals surface area contributed by atoms with Crippen LogP contribution in [0.4, 0.5) is 13.2 Å². The van der Waals surface area contributed by atoms with Crippen LogP contribution in [-0.4, -0.2) is 22.2 Å². The topological polar surface area (TPSA) is 59.4 Å². The molecule has 1 heterocycles. The van der Waals surface area contributed by atoms with Gasteiger partial charge in [-0.25, -0.2) is 9.78 Å². The average Bonchev–Trinajstić information content (AvgIpc) is 2.25. The average molecular weight is 291 g/mol. The van der Waals surface area contributed by atoms with Gasteiger partial charge in [-0.15, -0.1) is 0 Å². The molecule has 20 heavy (non-hydrogen) atoms. The highest BCUT2D eigenvalue weighted by Gasteiger charge is 2.34. The lowest BCUT2D eigenvalue weighted by molar-refractivity contribution is -0.141. The molecule has 0 aliphatic carbocycles. The van der Waals surface area contributed by atoms with E-state index in [0.29, 0.717) is 12.5 Å². The van der Waals surface area contributed by atoms with Crippen molar-refractivity contribution in [1.29, 1.82) is 0 Å². The van der Waals surface area contributed by atoms with Crippen LogP contribution in [0.2, 0.25) is 0 Å². The summed E-state index contributed by atoms with van der Waals surface area (Å²) in [4.78, 5) is 14.3. The van der Waals surface area contributed by atoms with Crippen molar-refractivity contribution in [3.63, 3.8) is 0 Å². The van der Waals surface area contributed by atoms with Crippen molar-refractivity contribution >= 4 is 5.97 Å². The van der Waals surface area contributed by atoms with Crippen molar-refractivity contribution in [3.05, 3.63) is 23.4 Å². The monoisotopic (exact) mass is 291 g/mol. The van der Waals surface area contributed by atoms with Crippen molar-refractivity contribution in [1.82, 2.24) is 4.98 Å². The molecule has 0 amide bonds. The molecule has 112 valence electrons. The number of aromatic carboxylic acids is 1. The predicted octanol–water partition coefficient (Wildman–Crippen LogP) is 3.61. The van der Waals surface area contributed by atoms with Gasteiger partial charge in [-0.1, -0.05) is 13.8 Å². The fourth-order valence-electron chi connectivity index (χ4n) is 1.75. The van der Waals surface area contributed by atoms with Crippen LogP contribution >= 0.6 is 0 Å². The van der Waals surface area contributed by atoms with Gasteiger partial charge in [-0.05, 0) is 31.4 Å². The van der Waals surface area contributed by atoms with Crippen molar-refractivity contribution in [3.8, 4) is 5.88 Å². The fourth-order valence-corrected chi connectivity index (χ4v) is 1.75. The molecule has 4 nitrogen and oxygen atoms in total. The minimum atomic E-state index is -4.64. The van der Waals surface area contributed by atoms with Gasteiger partial charge in [0.2, 0.25) is 5.88 Å². The quantitative estimate of drug-likeness (QED) is 0.900. The van der Waals surface area contributed by atoms with Crippen molar-refractivity contribution in [2.24, 2.45) is 5.92 Å². The van der Waals surface area contributed by atoms with Crippen molar-refractivity contribution in [2.75, 3.05) is 0 Å². The van der Waals surface area contributed by atoms with Crippen molar-refractivity contribution in [2.45, 2.75) is 39.5 Å². The summed E-state index contributed by atoms with van der Waals surface area (Å²) < 4.78 is 43.0. The number of ether oxygens (including phenoxy) is 1. The maximum absolute atomic E-state index is 12.6. The summed E-state index contributed by atoms with van der Waals surface area (Å²) in [5, 5.41) is 8.95. The number of nitrogens with zero attached hydrogens (tertiary/aromatic N) is 1. The number of pyridine rings is 1. The highest BCUT2D eigenvalue weighted by molar-refractivity contribution is 5.90. The van der Waals surface area contributed by atoms with E-state index in [1.54, 1.807) is 6.92 Å². The van der Waals surface area contributed by atoms with E-state index in [0.717, 1.165) is 6.07 Å². The summed E-state index contributed by atoms with van der Waals surface area (Å²) in [6.45, 7) is 5.52. The number of aromatic nitrogens is 1. The standard InChI is InChI=1S/C13H16F3NO3/c1-7(2)6-8(3)20-11-9(12(18)19)4-5-10(17-11)13(14,15)16/h4-5,7-8H,6H2,1-3H3,(H,18,19). The Morgan fingerprint density at radius 1 is 1.35 bits per heavy atom. The van der Waals surface area contributed by atoms with E-state index in [1.165, 1.54) is 0 Å². The van der Waals surface area contributed by atoms with Gasteiger partial charge in [0.15, 0.2) is 0 Å². The molecule has 0 bridgehead atoms. The van der Waals surface area contributed by atoms with Gasteiger partial charge in [-0.3, -0.25) is 0 Å². The highest BCUT2D eigenvalue weighted by Crippen LogP contribution is 2.30. The first-order chi connectivity index (χ1) is 9.11. The Morgan fingerprint density at radius 2 is 1.95 bits per heavy atom. The largest absolute Gasteiger partial charge is 0.477 e. The Kier molecular flexibility index (Phi) is 4.97. The smallest absolute Gasteiger partial charge is 0.433 e. The predicted molar refractivity (Wildman–Crippen MR) is 65.7 cm³/mol. The van der Waals surface area contributed by atoms with Crippen molar-refractivity contribution < 1.29 is 27.8 Å². The fraction of sp³-hybridized carbons (Fsp3) is 0.538. The molecule has 0 aliphatic heterocycles. The molecular formula is C13H16F3NO3. The third kappa shape index (κ3) is 4.40. The van der Waals surface area contributed by atoms with Crippen LogP contribution in [0.1, 0.15) is 43.2 Å². The molecule has 0 radical (unpaired) electrons. The molecule has 1 aromatic rings. The number of carbonyl (C=O) groups is 1. The number of halogens is 3. The molecule has 7 heteroatoms. The second kappa shape index (κ2) is 6.11. The molecule has 0 aliphatic rings. The lowest BCUT2D eigenvalue weighted by atomic mass is 10.1. The van der Waals surface area contributed by atoms with E-state index in [9.17, 15) is 18.0 Å². The minimum absolute atomic E-state index is 0.268. The lowest BCUT2D eigenvalue weighted by Crippen LogP contribution is -2.19. The SMILES string of the molecule is CC(C)CC(C)Oc1nc(C(F)(F)F)ccc1C(=O)O. The Bertz CT molecular complexity index is 486. The second-order valence-corrected chi connectivity index (χ2v) is 4.91. The van der Waals surface area contributed by atoms with Crippen LogP contribution in [0.5, 0.6) is 5.88 Å². The van der Waals surface area contributed by atoms with Crippen LogP contribution in [0.15, 0.2) is 12.1 Å². The van der Waals surface area contributed by atoms with Gasteiger partial charge in [0.1, 0.15) is 11.3 Å². The molecular weight excluding hydrogens is 275 g/mol. The minimum Gasteiger partial charge on any atom is -0.477 e. The van der Waals surface area contributed by atoms with Gasteiger partial charge in [0, 0.05) is 0 Å². The summed E-state index contributed by atoms with van der Waals surface area (Å²) in [5.41, 5.74) is -1.55. The first-order valence-corrected chi connectivity index (χ1v) is 6.09. The Labute approximate surface area is 114 Å². The highest BCUT2D eigenvalue weighted by atomic mass is 19.4. The van der Waals surface area contributed by atoms with E-state index in [2.05, 4.69) is 4.98 Å². The number of carboxylic acids is 1. The number of alkyl halides is 3.